The monoisotopic (exact) mass is 348 g/mol. The summed E-state index contributed by atoms with van der Waals surface area (Å²) in [6.45, 7) is 0.494. The molecule has 0 saturated heterocycles. The first kappa shape index (κ1) is 17.6. The second-order valence-corrected chi connectivity index (χ2v) is 6.99. The fourth-order valence-electron chi connectivity index (χ4n) is 2.05. The van der Waals surface area contributed by atoms with Crippen LogP contribution >= 0.6 is 23.1 Å². The molecule has 0 bridgehead atoms. The van der Waals surface area contributed by atoms with Crippen molar-refractivity contribution in [2.45, 2.75) is 19.0 Å². The van der Waals surface area contributed by atoms with Crippen molar-refractivity contribution >= 4 is 34.9 Å². The molecule has 0 aliphatic carbocycles. The number of nitrogens with one attached hydrogen (secondary N) is 2. The van der Waals surface area contributed by atoms with Crippen molar-refractivity contribution in [2.24, 2.45) is 0 Å². The molecule has 2 rings (SSSR count). The minimum absolute atomic E-state index is 0.142. The van der Waals surface area contributed by atoms with E-state index in [0.717, 1.165) is 10.6 Å². The van der Waals surface area contributed by atoms with Crippen molar-refractivity contribution in [3.05, 3.63) is 58.3 Å². The Morgan fingerprint density at radius 2 is 1.96 bits per heavy atom. The van der Waals surface area contributed by atoms with Crippen LogP contribution in [0.4, 0.5) is 0 Å². The summed E-state index contributed by atoms with van der Waals surface area (Å²) in [5.74, 6) is 0.450. The Hall–Kier alpha value is -1.79. The summed E-state index contributed by atoms with van der Waals surface area (Å²) >= 11 is 3.26. The summed E-state index contributed by atoms with van der Waals surface area (Å²) in [4.78, 5) is 25.7. The van der Waals surface area contributed by atoms with Crippen molar-refractivity contribution in [3.8, 4) is 0 Å². The molecule has 2 N–H and O–H groups in total. The van der Waals surface area contributed by atoms with Crippen LogP contribution in [-0.2, 0) is 11.3 Å². The van der Waals surface area contributed by atoms with Gasteiger partial charge in [-0.05, 0) is 42.0 Å². The Kier molecular flexibility index (Phi) is 7.16. The Balaban J connectivity index is 1.95. The maximum Gasteiger partial charge on any atom is 0.251 e. The lowest BCUT2D eigenvalue weighted by Crippen LogP contribution is -2.46. The zero-order valence-corrected chi connectivity index (χ0v) is 14.6. The second kappa shape index (κ2) is 9.37. The van der Waals surface area contributed by atoms with Gasteiger partial charge in [-0.3, -0.25) is 9.59 Å². The predicted octanol–water partition coefficient (Wildman–Crippen LogP) is 2.92. The highest BCUT2D eigenvalue weighted by molar-refractivity contribution is 7.98. The van der Waals surface area contributed by atoms with Crippen LogP contribution in [0.15, 0.2) is 47.8 Å². The van der Waals surface area contributed by atoms with Crippen molar-refractivity contribution in [2.75, 3.05) is 12.0 Å². The smallest absolute Gasteiger partial charge is 0.251 e. The number of rotatable bonds is 8. The number of thiophene rings is 1. The van der Waals surface area contributed by atoms with Gasteiger partial charge in [0.1, 0.15) is 6.04 Å². The van der Waals surface area contributed by atoms with E-state index >= 15 is 0 Å². The number of benzene rings is 1. The van der Waals surface area contributed by atoms with Crippen LogP contribution in [0.25, 0.3) is 0 Å². The molecule has 23 heavy (non-hydrogen) atoms. The Morgan fingerprint density at radius 3 is 2.61 bits per heavy atom. The van der Waals surface area contributed by atoms with Gasteiger partial charge in [0.2, 0.25) is 5.91 Å². The SMILES string of the molecule is CSCCC(NC(=O)c1ccccc1)C(=O)NCc1cccs1. The molecule has 0 aliphatic rings. The van der Waals surface area contributed by atoms with Gasteiger partial charge in [-0.15, -0.1) is 11.3 Å². The third-order valence-corrected chi connectivity index (χ3v) is 4.81. The van der Waals surface area contributed by atoms with Crippen molar-refractivity contribution in [1.82, 2.24) is 10.6 Å². The number of carbonyl (C=O) groups excluding carboxylic acids is 2. The molecule has 1 atom stereocenters. The molecule has 0 radical (unpaired) electrons. The van der Waals surface area contributed by atoms with Gasteiger partial charge in [-0.25, -0.2) is 0 Å². The minimum atomic E-state index is -0.518. The van der Waals surface area contributed by atoms with E-state index in [1.807, 2.05) is 42.0 Å². The molecule has 0 aliphatic heterocycles. The van der Waals surface area contributed by atoms with Gasteiger partial charge in [0.25, 0.3) is 5.91 Å². The molecule has 122 valence electrons. The van der Waals surface area contributed by atoms with Crippen LogP contribution in [-0.4, -0.2) is 29.9 Å². The Labute approximate surface area is 144 Å². The molecule has 2 aromatic rings. The largest absolute Gasteiger partial charge is 0.349 e. The highest BCUT2D eigenvalue weighted by atomic mass is 32.2. The highest BCUT2D eigenvalue weighted by Crippen LogP contribution is 2.08. The molecule has 0 saturated carbocycles. The number of amides is 2. The van der Waals surface area contributed by atoms with Gasteiger partial charge in [0.05, 0.1) is 6.54 Å². The molecule has 4 nitrogen and oxygen atoms in total. The fourth-order valence-corrected chi connectivity index (χ4v) is 3.16. The summed E-state index contributed by atoms with van der Waals surface area (Å²) in [7, 11) is 0. The lowest BCUT2D eigenvalue weighted by molar-refractivity contribution is -0.123. The van der Waals surface area contributed by atoms with Crippen LogP contribution in [0.1, 0.15) is 21.7 Å². The standard InChI is InChI=1S/C17H20N2O2S2/c1-22-11-9-15(17(21)18-12-14-8-5-10-23-14)19-16(20)13-6-3-2-4-7-13/h2-8,10,15H,9,11-12H2,1H3,(H,18,21)(H,19,20). The van der Waals surface area contributed by atoms with Crippen LogP contribution in [0.3, 0.4) is 0 Å². The van der Waals surface area contributed by atoms with Crippen molar-refractivity contribution in [1.29, 1.82) is 0 Å². The average Bonchev–Trinajstić information content (AvgIpc) is 3.10. The van der Waals surface area contributed by atoms with Crippen LogP contribution in [0, 0.1) is 0 Å². The third kappa shape index (κ3) is 5.73. The van der Waals surface area contributed by atoms with Gasteiger partial charge in [0.15, 0.2) is 0 Å². The van der Waals surface area contributed by atoms with E-state index in [-0.39, 0.29) is 11.8 Å². The van der Waals surface area contributed by atoms with Crippen molar-refractivity contribution in [3.63, 3.8) is 0 Å². The topological polar surface area (TPSA) is 58.2 Å². The minimum Gasteiger partial charge on any atom is -0.349 e. The molecule has 1 unspecified atom stereocenters. The zero-order chi connectivity index (χ0) is 16.5. The fraction of sp³-hybridized carbons (Fsp3) is 0.294. The molecule has 6 heteroatoms. The first-order chi connectivity index (χ1) is 11.2. The van der Waals surface area contributed by atoms with E-state index in [1.165, 1.54) is 0 Å². The Morgan fingerprint density at radius 1 is 1.17 bits per heavy atom. The molecular formula is C17H20N2O2S2. The second-order valence-electron chi connectivity index (χ2n) is 4.97. The van der Waals surface area contributed by atoms with E-state index in [4.69, 9.17) is 0 Å². The van der Waals surface area contributed by atoms with Gasteiger partial charge in [0, 0.05) is 10.4 Å². The summed E-state index contributed by atoms with van der Waals surface area (Å²) < 4.78 is 0. The molecule has 0 fully saturated rings. The lowest BCUT2D eigenvalue weighted by atomic mass is 10.1. The highest BCUT2D eigenvalue weighted by Gasteiger charge is 2.20. The van der Waals surface area contributed by atoms with Crippen molar-refractivity contribution < 1.29 is 9.59 Å². The van der Waals surface area contributed by atoms with Crippen LogP contribution in [0.2, 0.25) is 0 Å². The van der Waals surface area contributed by atoms with E-state index in [2.05, 4.69) is 10.6 Å². The molecule has 1 aromatic heterocycles. The van der Waals surface area contributed by atoms with Gasteiger partial charge >= 0.3 is 0 Å². The van der Waals surface area contributed by atoms with Gasteiger partial charge in [-0.2, -0.15) is 11.8 Å². The summed E-state index contributed by atoms with van der Waals surface area (Å²) in [6.07, 6.45) is 2.59. The first-order valence-electron chi connectivity index (χ1n) is 7.35. The number of hydrogen-bond donors (Lipinski definition) is 2. The molecule has 0 spiro atoms. The molecule has 2 amide bonds. The summed E-state index contributed by atoms with van der Waals surface area (Å²) in [5, 5.41) is 7.71. The van der Waals surface area contributed by atoms with Crippen LogP contribution in [0.5, 0.6) is 0 Å². The van der Waals surface area contributed by atoms with E-state index < -0.39 is 6.04 Å². The zero-order valence-electron chi connectivity index (χ0n) is 13.0. The quantitative estimate of drug-likeness (QED) is 0.771. The maximum atomic E-state index is 12.4. The average molecular weight is 348 g/mol. The summed E-state index contributed by atoms with van der Waals surface area (Å²) in [5.41, 5.74) is 0.563. The lowest BCUT2D eigenvalue weighted by Gasteiger charge is -2.18. The van der Waals surface area contributed by atoms with E-state index in [1.54, 1.807) is 35.2 Å². The third-order valence-electron chi connectivity index (χ3n) is 3.29. The molecular weight excluding hydrogens is 328 g/mol. The first-order valence-corrected chi connectivity index (χ1v) is 9.63. The Bertz CT molecular complexity index is 615. The summed E-state index contributed by atoms with van der Waals surface area (Å²) in [6, 6.07) is 12.4. The number of hydrogen-bond acceptors (Lipinski definition) is 4. The van der Waals surface area contributed by atoms with Gasteiger partial charge < -0.3 is 10.6 Å². The van der Waals surface area contributed by atoms with Gasteiger partial charge in [-0.1, -0.05) is 24.3 Å². The molecule has 1 heterocycles. The van der Waals surface area contributed by atoms with E-state index in [9.17, 15) is 9.59 Å². The number of thioether (sulfide) groups is 1. The normalized spacial score (nSPS) is 11.7. The number of carbonyl (C=O) groups is 2. The maximum absolute atomic E-state index is 12.4. The van der Waals surface area contributed by atoms with Crippen LogP contribution < -0.4 is 10.6 Å². The van der Waals surface area contributed by atoms with E-state index in [0.29, 0.717) is 18.5 Å². The predicted molar refractivity (Wildman–Crippen MR) is 96.9 cm³/mol. The molecule has 1 aromatic carbocycles.